The Labute approximate surface area is 196 Å². The van der Waals surface area contributed by atoms with Gasteiger partial charge in [-0.1, -0.05) is 32.9 Å². The van der Waals surface area contributed by atoms with E-state index >= 15 is 0 Å². The summed E-state index contributed by atoms with van der Waals surface area (Å²) in [6.45, 7) is 6.40. The minimum atomic E-state index is -3.87. The number of nitrogens with zero attached hydrogens (tertiary/aromatic N) is 3. The number of rotatable bonds is 8. The van der Waals surface area contributed by atoms with Crippen molar-refractivity contribution in [1.29, 1.82) is 0 Å². The van der Waals surface area contributed by atoms with Crippen molar-refractivity contribution in [3.63, 3.8) is 0 Å². The van der Waals surface area contributed by atoms with Gasteiger partial charge in [0.2, 0.25) is 10.0 Å². The highest BCUT2D eigenvalue weighted by atomic mass is 32.2. The van der Waals surface area contributed by atoms with Crippen molar-refractivity contribution in [3.8, 4) is 11.3 Å². The summed E-state index contributed by atoms with van der Waals surface area (Å²) >= 11 is 0. The minimum Gasteiger partial charge on any atom is -0.347 e. The molecule has 1 unspecified atom stereocenters. The predicted molar refractivity (Wildman–Crippen MR) is 122 cm³/mol. The van der Waals surface area contributed by atoms with Gasteiger partial charge in [-0.25, -0.2) is 30.7 Å². The first kappa shape index (κ1) is 24.7. The lowest BCUT2D eigenvalue weighted by Crippen LogP contribution is -2.35. The quantitative estimate of drug-likeness (QED) is 0.421. The Hall–Kier alpha value is -2.40. The molecule has 3 aromatic rings. The van der Waals surface area contributed by atoms with Crippen LogP contribution in [0, 0.1) is 5.41 Å². The first-order valence-electron chi connectivity index (χ1n) is 11.0. The zero-order chi connectivity index (χ0) is 25.0. The van der Waals surface area contributed by atoms with Gasteiger partial charge in [-0.05, 0) is 24.3 Å². The number of halogens is 4. The number of sulfonamides is 1. The third kappa shape index (κ3) is 4.86. The molecular formula is C23H28F4N4O2S. The van der Waals surface area contributed by atoms with E-state index < -0.39 is 34.2 Å². The molecule has 1 aliphatic rings. The highest BCUT2D eigenvalue weighted by molar-refractivity contribution is 7.90. The second kappa shape index (κ2) is 8.67. The summed E-state index contributed by atoms with van der Waals surface area (Å²) in [7, 11) is -2.31. The molecule has 1 saturated carbocycles. The topological polar surface area (TPSA) is 68.9 Å². The molecule has 0 aliphatic heterocycles. The number of hydrogen-bond donors (Lipinski definition) is 1. The van der Waals surface area contributed by atoms with Crippen molar-refractivity contribution in [2.45, 2.75) is 64.3 Å². The molecule has 1 aromatic carbocycles. The first-order chi connectivity index (χ1) is 15.8. The largest absolute Gasteiger partial charge is 0.347 e. The molecule has 0 saturated heterocycles. The zero-order valence-electron chi connectivity index (χ0n) is 19.4. The third-order valence-electron chi connectivity index (χ3n) is 5.87. The smallest absolute Gasteiger partial charge is 0.267 e. The van der Waals surface area contributed by atoms with Crippen LogP contribution in [0.3, 0.4) is 0 Å². The van der Waals surface area contributed by atoms with Crippen molar-refractivity contribution in [2.75, 3.05) is 0 Å². The van der Waals surface area contributed by atoms with E-state index in [1.807, 2.05) is 20.8 Å². The average molecular weight is 501 g/mol. The Kier molecular flexibility index (Phi) is 6.30. The SMILES string of the molecule is Cn1ncc(C(F)F)c1-c1ccc2c(C(NS(=O)(=O)C3CC3)C(F)F)cn(CC(C)(C)C)c2c1. The summed E-state index contributed by atoms with van der Waals surface area (Å²) < 4.78 is 85.7. The molecule has 4 rings (SSSR count). The number of aromatic nitrogens is 3. The Morgan fingerprint density at radius 1 is 1.15 bits per heavy atom. The molecule has 0 amide bonds. The Bertz CT molecular complexity index is 1300. The fourth-order valence-corrected chi connectivity index (χ4v) is 5.76. The van der Waals surface area contributed by atoms with E-state index in [0.717, 1.165) is 6.20 Å². The molecule has 1 aliphatic carbocycles. The van der Waals surface area contributed by atoms with E-state index in [1.165, 1.54) is 4.68 Å². The molecular weight excluding hydrogens is 472 g/mol. The van der Waals surface area contributed by atoms with Gasteiger partial charge in [0.1, 0.15) is 6.04 Å². The van der Waals surface area contributed by atoms with Crippen LogP contribution in [0.15, 0.2) is 30.6 Å². The third-order valence-corrected chi connectivity index (χ3v) is 7.81. The van der Waals surface area contributed by atoms with E-state index in [1.54, 1.807) is 36.0 Å². The Balaban J connectivity index is 1.88. The van der Waals surface area contributed by atoms with Crippen molar-refractivity contribution >= 4 is 20.9 Å². The lowest BCUT2D eigenvalue weighted by Gasteiger charge is -2.20. The second-order valence-corrected chi connectivity index (χ2v) is 12.0. The van der Waals surface area contributed by atoms with Gasteiger partial charge in [0.15, 0.2) is 0 Å². The van der Waals surface area contributed by atoms with Crippen LogP contribution in [0.4, 0.5) is 17.6 Å². The van der Waals surface area contributed by atoms with Crippen LogP contribution in [0.5, 0.6) is 0 Å². The van der Waals surface area contributed by atoms with Crippen molar-refractivity contribution in [3.05, 3.63) is 41.7 Å². The van der Waals surface area contributed by atoms with Gasteiger partial charge in [-0.2, -0.15) is 5.10 Å². The van der Waals surface area contributed by atoms with Gasteiger partial charge in [0.05, 0.1) is 22.7 Å². The van der Waals surface area contributed by atoms with E-state index in [9.17, 15) is 26.0 Å². The number of nitrogens with one attached hydrogen (secondary N) is 1. The fourth-order valence-electron chi connectivity index (χ4n) is 4.23. The maximum atomic E-state index is 14.1. The second-order valence-electron chi connectivity index (χ2n) is 10.1. The standard InChI is InChI=1S/C23H28F4N4O2S/c1-23(2,3)12-31-11-17(19(22(26)27)29-34(32,33)14-6-7-14)15-8-5-13(9-18(15)31)20-16(21(24)25)10-28-30(20)4/h5,8-11,14,19,21-22,29H,6-7,12H2,1-4H3. The van der Waals surface area contributed by atoms with Crippen LogP contribution in [0.1, 0.15) is 57.2 Å². The summed E-state index contributed by atoms with van der Waals surface area (Å²) in [4.78, 5) is 0. The minimum absolute atomic E-state index is 0.157. The molecule has 186 valence electrons. The molecule has 0 bridgehead atoms. The molecule has 34 heavy (non-hydrogen) atoms. The molecule has 6 nitrogen and oxygen atoms in total. The number of hydrogen-bond acceptors (Lipinski definition) is 3. The molecule has 11 heteroatoms. The molecule has 0 spiro atoms. The molecule has 1 atom stereocenters. The van der Waals surface area contributed by atoms with E-state index in [-0.39, 0.29) is 22.2 Å². The highest BCUT2D eigenvalue weighted by Gasteiger charge is 2.40. The number of benzene rings is 1. The van der Waals surface area contributed by atoms with Crippen molar-refractivity contribution < 1.29 is 26.0 Å². The number of aryl methyl sites for hydroxylation is 1. The summed E-state index contributed by atoms with van der Waals surface area (Å²) in [6.07, 6.45) is -2.12. The first-order valence-corrected chi connectivity index (χ1v) is 12.6. The lowest BCUT2D eigenvalue weighted by molar-refractivity contribution is 0.109. The van der Waals surface area contributed by atoms with E-state index in [0.29, 0.717) is 35.9 Å². The van der Waals surface area contributed by atoms with Crippen LogP contribution < -0.4 is 4.72 Å². The molecule has 1 N–H and O–H groups in total. The van der Waals surface area contributed by atoms with Gasteiger partial charge >= 0.3 is 0 Å². The number of alkyl halides is 4. The average Bonchev–Trinajstić information content (AvgIpc) is 3.44. The van der Waals surface area contributed by atoms with Crippen LogP contribution in [-0.4, -0.2) is 34.4 Å². The van der Waals surface area contributed by atoms with Crippen LogP contribution in [0.2, 0.25) is 0 Å². The normalized spacial score (nSPS) is 16.2. The molecule has 2 aromatic heterocycles. The lowest BCUT2D eigenvalue weighted by atomic mass is 9.97. The zero-order valence-corrected chi connectivity index (χ0v) is 20.2. The Morgan fingerprint density at radius 3 is 2.38 bits per heavy atom. The number of fused-ring (bicyclic) bond motifs is 1. The summed E-state index contributed by atoms with van der Waals surface area (Å²) in [5.41, 5.74) is 0.965. The van der Waals surface area contributed by atoms with Gasteiger partial charge in [0, 0.05) is 41.8 Å². The molecule has 1 fully saturated rings. The predicted octanol–water partition coefficient (Wildman–Crippen LogP) is 5.41. The van der Waals surface area contributed by atoms with E-state index in [4.69, 9.17) is 0 Å². The highest BCUT2D eigenvalue weighted by Crippen LogP contribution is 2.38. The van der Waals surface area contributed by atoms with Crippen LogP contribution in [0.25, 0.3) is 22.2 Å². The van der Waals surface area contributed by atoms with E-state index in [2.05, 4.69) is 9.82 Å². The monoisotopic (exact) mass is 500 g/mol. The Morgan fingerprint density at radius 2 is 1.82 bits per heavy atom. The van der Waals surface area contributed by atoms with Gasteiger partial charge in [0.25, 0.3) is 12.9 Å². The van der Waals surface area contributed by atoms with Gasteiger partial charge in [-0.3, -0.25) is 4.68 Å². The van der Waals surface area contributed by atoms with Crippen molar-refractivity contribution in [2.24, 2.45) is 12.5 Å². The summed E-state index contributed by atoms with van der Waals surface area (Å²) in [5.74, 6) is 0. The maximum Gasteiger partial charge on any atom is 0.267 e. The maximum absolute atomic E-state index is 14.1. The van der Waals surface area contributed by atoms with Crippen LogP contribution in [-0.2, 0) is 23.6 Å². The molecule has 2 heterocycles. The molecule has 0 radical (unpaired) electrons. The summed E-state index contributed by atoms with van der Waals surface area (Å²) in [6, 6.07) is 3.12. The van der Waals surface area contributed by atoms with Gasteiger partial charge in [-0.15, -0.1) is 0 Å². The fraction of sp³-hybridized carbons (Fsp3) is 0.522. The van der Waals surface area contributed by atoms with Crippen molar-refractivity contribution in [1.82, 2.24) is 19.1 Å². The van der Waals surface area contributed by atoms with Crippen LogP contribution >= 0.6 is 0 Å². The van der Waals surface area contributed by atoms with Gasteiger partial charge < -0.3 is 4.57 Å². The summed E-state index contributed by atoms with van der Waals surface area (Å²) in [5, 5.41) is 3.75.